The van der Waals surface area contributed by atoms with E-state index in [4.69, 9.17) is 11.2 Å². The van der Waals surface area contributed by atoms with E-state index in [9.17, 15) is 13.5 Å². The van der Waals surface area contributed by atoms with Gasteiger partial charge in [-0.15, -0.1) is 6.42 Å². The number of aliphatic hydroxyl groups excluding tert-OH is 1. The highest BCUT2D eigenvalue weighted by atomic mass is 32.2. The Hall–Kier alpha value is -2.17. The van der Waals surface area contributed by atoms with Crippen LogP contribution in [-0.4, -0.2) is 42.1 Å². The number of aliphatic hydroxyl groups is 1. The lowest BCUT2D eigenvalue weighted by atomic mass is 10.0. The van der Waals surface area contributed by atoms with Crippen LogP contribution in [0, 0.1) is 19.3 Å². The second kappa shape index (κ2) is 7.45. The van der Waals surface area contributed by atoms with Crippen LogP contribution in [0.15, 0.2) is 59.5 Å². The summed E-state index contributed by atoms with van der Waals surface area (Å²) < 4.78 is 33.1. The van der Waals surface area contributed by atoms with Gasteiger partial charge in [0.15, 0.2) is 0 Å². The lowest BCUT2D eigenvalue weighted by molar-refractivity contribution is 0.111. The van der Waals surface area contributed by atoms with E-state index in [0.717, 1.165) is 11.1 Å². The Morgan fingerprint density at radius 2 is 1.85 bits per heavy atom. The van der Waals surface area contributed by atoms with Crippen LogP contribution in [0.5, 0.6) is 0 Å². The minimum atomic E-state index is -3.79. The van der Waals surface area contributed by atoms with Crippen molar-refractivity contribution in [3.63, 3.8) is 0 Å². The number of hydrogen-bond acceptors (Lipinski definition) is 4. The molecule has 1 heterocycles. The van der Waals surface area contributed by atoms with E-state index in [0.29, 0.717) is 6.61 Å². The zero-order valence-corrected chi connectivity index (χ0v) is 16.2. The summed E-state index contributed by atoms with van der Waals surface area (Å²) in [6.07, 6.45) is 4.16. The molecular weight excluding hydrogens is 362 g/mol. The van der Waals surface area contributed by atoms with Gasteiger partial charge < -0.3 is 9.84 Å². The molecule has 0 spiro atoms. The van der Waals surface area contributed by atoms with Gasteiger partial charge >= 0.3 is 0 Å². The average Bonchev–Trinajstić information content (AvgIpc) is 3.29. The van der Waals surface area contributed by atoms with Crippen molar-refractivity contribution >= 4 is 10.0 Å². The van der Waals surface area contributed by atoms with E-state index in [1.807, 2.05) is 37.3 Å². The molecule has 0 amide bonds. The largest absolute Gasteiger partial charge is 0.378 e. The normalized spacial score (nSPS) is 25.6. The SMILES string of the molecule is C#C[C@H](O)[C@]1(C)[C@@H](COCc2ccccc2)N1S(=O)(=O)c1ccc(C)cc1. The molecule has 4 atom stereocenters. The number of terminal acetylenes is 1. The van der Waals surface area contributed by atoms with Crippen molar-refractivity contribution in [3.8, 4) is 12.3 Å². The van der Waals surface area contributed by atoms with Crippen molar-refractivity contribution in [2.24, 2.45) is 0 Å². The number of nitrogens with zero attached hydrogens (tertiary/aromatic N) is 1. The molecule has 1 N–H and O–H groups in total. The first-order valence-electron chi connectivity index (χ1n) is 8.69. The number of ether oxygens (including phenoxy) is 1. The predicted octanol–water partition coefficient (Wildman–Crippen LogP) is 2.34. The van der Waals surface area contributed by atoms with Crippen LogP contribution in [0.3, 0.4) is 0 Å². The molecule has 3 rings (SSSR count). The lowest BCUT2D eigenvalue weighted by Gasteiger charge is -2.15. The van der Waals surface area contributed by atoms with Gasteiger partial charge in [-0.1, -0.05) is 53.9 Å². The van der Waals surface area contributed by atoms with Crippen molar-refractivity contribution in [2.45, 2.75) is 43.0 Å². The fourth-order valence-corrected chi connectivity index (χ4v) is 5.27. The molecule has 2 aromatic rings. The Bertz CT molecular complexity index is 934. The zero-order valence-electron chi connectivity index (χ0n) is 15.4. The molecule has 0 radical (unpaired) electrons. The number of aryl methyl sites for hydroxylation is 1. The maximum atomic E-state index is 13.1. The molecule has 0 saturated carbocycles. The Morgan fingerprint density at radius 1 is 1.22 bits per heavy atom. The molecular formula is C21H23NO4S. The third-order valence-corrected chi connectivity index (χ3v) is 7.08. The molecule has 2 aromatic carbocycles. The van der Waals surface area contributed by atoms with Crippen molar-refractivity contribution in [3.05, 3.63) is 65.7 Å². The van der Waals surface area contributed by atoms with E-state index in [1.165, 1.54) is 4.31 Å². The Kier molecular flexibility index (Phi) is 5.41. The zero-order chi connectivity index (χ0) is 19.7. The highest BCUT2D eigenvalue weighted by Crippen LogP contribution is 2.48. The van der Waals surface area contributed by atoms with Crippen LogP contribution in [0.1, 0.15) is 18.1 Å². The Balaban J connectivity index is 1.79. The van der Waals surface area contributed by atoms with E-state index < -0.39 is 27.7 Å². The van der Waals surface area contributed by atoms with Crippen LogP contribution in [0.25, 0.3) is 0 Å². The van der Waals surface area contributed by atoms with Gasteiger partial charge in [0.25, 0.3) is 0 Å². The summed E-state index contributed by atoms with van der Waals surface area (Å²) in [4.78, 5) is 0.175. The molecule has 0 aliphatic carbocycles. The van der Waals surface area contributed by atoms with E-state index in [2.05, 4.69) is 5.92 Å². The fourth-order valence-electron chi connectivity index (χ4n) is 3.26. The highest BCUT2D eigenvalue weighted by molar-refractivity contribution is 7.89. The van der Waals surface area contributed by atoms with Crippen molar-refractivity contribution < 1.29 is 18.3 Å². The second-order valence-corrected chi connectivity index (χ2v) is 8.74. The van der Waals surface area contributed by atoms with Gasteiger partial charge in [-0.3, -0.25) is 0 Å². The van der Waals surface area contributed by atoms with Crippen LogP contribution < -0.4 is 0 Å². The smallest absolute Gasteiger partial charge is 0.244 e. The van der Waals surface area contributed by atoms with Crippen LogP contribution in [0.4, 0.5) is 0 Å². The van der Waals surface area contributed by atoms with Gasteiger partial charge in [-0.05, 0) is 31.5 Å². The Labute approximate surface area is 160 Å². The number of hydrogen-bond donors (Lipinski definition) is 1. The number of rotatable bonds is 7. The molecule has 0 bridgehead atoms. The first-order valence-corrected chi connectivity index (χ1v) is 10.1. The Morgan fingerprint density at radius 3 is 2.44 bits per heavy atom. The molecule has 1 saturated heterocycles. The highest BCUT2D eigenvalue weighted by Gasteiger charge is 2.68. The quantitative estimate of drug-likeness (QED) is 0.587. The monoisotopic (exact) mass is 385 g/mol. The van der Waals surface area contributed by atoms with Crippen molar-refractivity contribution in [1.82, 2.24) is 4.31 Å². The van der Waals surface area contributed by atoms with Crippen LogP contribution in [0.2, 0.25) is 0 Å². The summed E-state index contributed by atoms with van der Waals surface area (Å²) in [5.74, 6) is 2.26. The lowest BCUT2D eigenvalue weighted by Crippen LogP contribution is -2.33. The molecule has 1 aliphatic rings. The minimum Gasteiger partial charge on any atom is -0.378 e. The summed E-state index contributed by atoms with van der Waals surface area (Å²) in [7, 11) is -3.79. The van der Waals surface area contributed by atoms with E-state index >= 15 is 0 Å². The summed E-state index contributed by atoms with van der Waals surface area (Å²) >= 11 is 0. The molecule has 1 unspecified atom stereocenters. The van der Waals surface area contributed by atoms with Gasteiger partial charge in [0.05, 0.1) is 29.7 Å². The summed E-state index contributed by atoms with van der Waals surface area (Å²) in [5, 5.41) is 10.3. The molecule has 1 fully saturated rings. The van der Waals surface area contributed by atoms with E-state index in [-0.39, 0.29) is 11.5 Å². The minimum absolute atomic E-state index is 0.148. The molecule has 27 heavy (non-hydrogen) atoms. The van der Waals surface area contributed by atoms with Gasteiger partial charge in [0.1, 0.15) is 6.10 Å². The molecule has 5 nitrogen and oxygen atoms in total. The van der Waals surface area contributed by atoms with Crippen LogP contribution >= 0.6 is 0 Å². The van der Waals surface area contributed by atoms with E-state index in [1.54, 1.807) is 31.2 Å². The predicted molar refractivity (Wildman–Crippen MR) is 103 cm³/mol. The molecule has 6 heteroatoms. The van der Waals surface area contributed by atoms with Crippen LogP contribution in [-0.2, 0) is 21.4 Å². The summed E-state index contributed by atoms with van der Waals surface area (Å²) in [6, 6.07) is 15.7. The number of benzene rings is 2. The summed E-state index contributed by atoms with van der Waals surface area (Å²) in [5.41, 5.74) is 0.869. The molecule has 142 valence electrons. The summed E-state index contributed by atoms with van der Waals surface area (Å²) in [6.45, 7) is 4.05. The van der Waals surface area contributed by atoms with Gasteiger partial charge in [-0.2, -0.15) is 4.31 Å². The van der Waals surface area contributed by atoms with Crippen molar-refractivity contribution in [2.75, 3.05) is 6.61 Å². The third kappa shape index (κ3) is 3.64. The van der Waals surface area contributed by atoms with Crippen molar-refractivity contribution in [1.29, 1.82) is 0 Å². The third-order valence-electron chi connectivity index (χ3n) is 5.04. The van der Waals surface area contributed by atoms with Gasteiger partial charge in [0.2, 0.25) is 10.0 Å². The van der Waals surface area contributed by atoms with Gasteiger partial charge in [-0.25, -0.2) is 8.42 Å². The topological polar surface area (TPSA) is 66.6 Å². The average molecular weight is 385 g/mol. The maximum Gasteiger partial charge on any atom is 0.244 e. The molecule has 1 aliphatic heterocycles. The second-order valence-electron chi connectivity index (χ2n) is 6.93. The first kappa shape index (κ1) is 19.6. The fraction of sp³-hybridized carbons (Fsp3) is 0.333. The maximum absolute atomic E-state index is 13.1. The molecule has 0 aromatic heterocycles. The first-order chi connectivity index (χ1) is 12.8. The van der Waals surface area contributed by atoms with Gasteiger partial charge in [0, 0.05) is 0 Å². The number of sulfonamides is 1. The standard InChI is InChI=1S/C21H23NO4S/c1-4-20(23)21(3)19(15-26-14-17-8-6-5-7-9-17)22(21)27(24,25)18-12-10-16(2)11-13-18/h1,5-13,19-20,23H,14-15H2,2-3H3/t19-,20+,21+,22?/m1/s1.